The van der Waals surface area contributed by atoms with Gasteiger partial charge >= 0.3 is 12.2 Å². The number of nitrogens with one attached hydrogen (secondary N) is 2. The number of hydrogen-bond acceptors (Lipinski definition) is 2. The van der Waals surface area contributed by atoms with Crippen molar-refractivity contribution in [2.75, 3.05) is 5.32 Å². The number of carbonyl (C=O) groups is 1. The molecule has 0 aliphatic heterocycles. The molecule has 3 rings (SSSR count). The fraction of sp³-hybridized carbons (Fsp3) is 0.222. The molecule has 4 nitrogen and oxygen atoms in total. The third-order valence-corrected chi connectivity index (χ3v) is 4.32. The van der Waals surface area contributed by atoms with E-state index in [1.54, 1.807) is 6.07 Å². The normalized spacial score (nSPS) is 17.9. The van der Waals surface area contributed by atoms with Gasteiger partial charge in [-0.2, -0.15) is 18.3 Å². The molecule has 1 aliphatic carbocycles. The molecule has 0 spiro atoms. The molecule has 0 radical (unpaired) electrons. The van der Waals surface area contributed by atoms with Crippen molar-refractivity contribution in [2.24, 2.45) is 11.0 Å². The summed E-state index contributed by atoms with van der Waals surface area (Å²) >= 11 is 5.99. The molecule has 0 aromatic heterocycles. The molecule has 0 saturated carbocycles. The van der Waals surface area contributed by atoms with Gasteiger partial charge in [0.05, 0.1) is 11.3 Å². The van der Waals surface area contributed by atoms with Crippen LogP contribution in [0.1, 0.15) is 23.6 Å². The SMILES string of the molecule is CC1Cc2cc(Cl)ccc2C1=NNC(=O)Nc1ccc(C(F)(F)F)cc1. The van der Waals surface area contributed by atoms with Crippen molar-refractivity contribution in [3.63, 3.8) is 0 Å². The first-order valence-corrected chi connectivity index (χ1v) is 8.22. The highest BCUT2D eigenvalue weighted by molar-refractivity contribution is 6.30. The number of halogens is 4. The fourth-order valence-electron chi connectivity index (χ4n) is 2.86. The Kier molecular flexibility index (Phi) is 4.91. The molecule has 1 atom stereocenters. The molecule has 8 heteroatoms. The van der Waals surface area contributed by atoms with E-state index in [0.29, 0.717) is 5.02 Å². The molecular formula is C18H15ClF3N3O. The van der Waals surface area contributed by atoms with Crippen LogP contribution >= 0.6 is 11.6 Å². The minimum absolute atomic E-state index is 0.120. The number of alkyl halides is 3. The van der Waals surface area contributed by atoms with Crippen LogP contribution in [0.25, 0.3) is 0 Å². The van der Waals surface area contributed by atoms with Crippen LogP contribution in [0.15, 0.2) is 47.6 Å². The second-order valence-electron chi connectivity index (χ2n) is 6.04. The summed E-state index contributed by atoms with van der Waals surface area (Å²) in [6.45, 7) is 1.99. The quantitative estimate of drug-likeness (QED) is 0.700. The molecule has 26 heavy (non-hydrogen) atoms. The number of carbonyl (C=O) groups excluding carboxylic acids is 1. The van der Waals surface area contributed by atoms with Gasteiger partial charge in [-0.3, -0.25) is 0 Å². The van der Waals surface area contributed by atoms with E-state index in [-0.39, 0.29) is 11.6 Å². The van der Waals surface area contributed by atoms with Crippen molar-refractivity contribution < 1.29 is 18.0 Å². The molecule has 2 N–H and O–H groups in total. The lowest BCUT2D eigenvalue weighted by Crippen LogP contribution is -2.26. The number of nitrogens with zero attached hydrogens (tertiary/aromatic N) is 1. The van der Waals surface area contributed by atoms with E-state index in [0.717, 1.165) is 35.4 Å². The van der Waals surface area contributed by atoms with Gasteiger partial charge < -0.3 is 5.32 Å². The summed E-state index contributed by atoms with van der Waals surface area (Å²) in [5.74, 6) is 0.120. The van der Waals surface area contributed by atoms with E-state index in [4.69, 9.17) is 11.6 Å². The lowest BCUT2D eigenvalue weighted by molar-refractivity contribution is -0.137. The Bertz CT molecular complexity index is 863. The van der Waals surface area contributed by atoms with E-state index in [2.05, 4.69) is 15.8 Å². The average molecular weight is 382 g/mol. The van der Waals surface area contributed by atoms with Crippen LogP contribution in [-0.2, 0) is 12.6 Å². The summed E-state index contributed by atoms with van der Waals surface area (Å²) < 4.78 is 37.6. The van der Waals surface area contributed by atoms with E-state index in [9.17, 15) is 18.0 Å². The first-order valence-electron chi connectivity index (χ1n) is 7.84. The van der Waals surface area contributed by atoms with Crippen LogP contribution in [0.3, 0.4) is 0 Å². The van der Waals surface area contributed by atoms with Gasteiger partial charge in [-0.15, -0.1) is 0 Å². The van der Waals surface area contributed by atoms with E-state index in [1.807, 2.05) is 19.1 Å². The van der Waals surface area contributed by atoms with Gasteiger partial charge in [0.25, 0.3) is 0 Å². The molecule has 136 valence electrons. The van der Waals surface area contributed by atoms with E-state index < -0.39 is 17.8 Å². The topological polar surface area (TPSA) is 53.5 Å². The zero-order valence-corrected chi connectivity index (χ0v) is 14.4. The van der Waals surface area contributed by atoms with Crippen molar-refractivity contribution in [3.05, 3.63) is 64.2 Å². The first kappa shape index (κ1) is 18.3. The Morgan fingerprint density at radius 1 is 1.19 bits per heavy atom. The molecule has 2 amide bonds. The zero-order chi connectivity index (χ0) is 18.9. The predicted octanol–water partition coefficient (Wildman–Crippen LogP) is 5.08. The fourth-order valence-corrected chi connectivity index (χ4v) is 3.05. The van der Waals surface area contributed by atoms with Crippen LogP contribution in [0, 0.1) is 5.92 Å². The molecule has 2 aromatic carbocycles. The number of hydrogen-bond donors (Lipinski definition) is 2. The Labute approximate surface area is 153 Å². The van der Waals surface area contributed by atoms with Crippen LogP contribution in [0.2, 0.25) is 5.02 Å². The monoisotopic (exact) mass is 381 g/mol. The Hall–Kier alpha value is -2.54. The second-order valence-corrected chi connectivity index (χ2v) is 6.48. The van der Waals surface area contributed by atoms with Crippen molar-refractivity contribution in [3.8, 4) is 0 Å². The van der Waals surface area contributed by atoms with Gasteiger partial charge in [0, 0.05) is 22.2 Å². The largest absolute Gasteiger partial charge is 0.416 e. The lowest BCUT2D eigenvalue weighted by Gasteiger charge is -2.09. The number of fused-ring (bicyclic) bond motifs is 1. The van der Waals surface area contributed by atoms with Gasteiger partial charge in [0.2, 0.25) is 0 Å². The van der Waals surface area contributed by atoms with Gasteiger partial charge in [0.1, 0.15) is 0 Å². The maximum Gasteiger partial charge on any atom is 0.416 e. The molecule has 1 aliphatic rings. The highest BCUT2D eigenvalue weighted by atomic mass is 35.5. The second kappa shape index (κ2) is 6.99. The smallest absolute Gasteiger partial charge is 0.307 e. The number of benzene rings is 2. The summed E-state index contributed by atoms with van der Waals surface area (Å²) in [4.78, 5) is 12.0. The van der Waals surface area contributed by atoms with Gasteiger partial charge in [-0.1, -0.05) is 24.6 Å². The lowest BCUT2D eigenvalue weighted by atomic mass is 10.1. The van der Waals surface area contributed by atoms with E-state index >= 15 is 0 Å². The summed E-state index contributed by atoms with van der Waals surface area (Å²) in [6.07, 6.45) is -3.64. The number of hydrazone groups is 1. The number of rotatable bonds is 2. The maximum absolute atomic E-state index is 12.5. The molecule has 1 unspecified atom stereocenters. The third kappa shape index (κ3) is 3.99. The average Bonchev–Trinajstić information content (AvgIpc) is 2.87. The zero-order valence-electron chi connectivity index (χ0n) is 13.7. The Balaban J connectivity index is 1.67. The summed E-state index contributed by atoms with van der Waals surface area (Å²) in [6, 6.07) is 9.04. The molecular weight excluding hydrogens is 367 g/mol. The molecule has 0 fully saturated rings. The van der Waals surface area contributed by atoms with Gasteiger partial charge in [-0.05, 0) is 48.4 Å². The summed E-state index contributed by atoms with van der Waals surface area (Å²) in [5, 5.41) is 7.25. The summed E-state index contributed by atoms with van der Waals surface area (Å²) in [5.41, 5.74) is 4.57. The van der Waals surface area contributed by atoms with Crippen LogP contribution < -0.4 is 10.7 Å². The maximum atomic E-state index is 12.5. The van der Waals surface area contributed by atoms with Gasteiger partial charge in [-0.25, -0.2) is 10.2 Å². The number of urea groups is 1. The summed E-state index contributed by atoms with van der Waals surface area (Å²) in [7, 11) is 0. The molecule has 0 bridgehead atoms. The Morgan fingerprint density at radius 3 is 2.54 bits per heavy atom. The van der Waals surface area contributed by atoms with Crippen LogP contribution in [-0.4, -0.2) is 11.7 Å². The molecule has 0 saturated heterocycles. The minimum Gasteiger partial charge on any atom is -0.307 e. The van der Waals surface area contributed by atoms with Crippen molar-refractivity contribution in [2.45, 2.75) is 19.5 Å². The van der Waals surface area contributed by atoms with Crippen molar-refractivity contribution in [1.29, 1.82) is 0 Å². The van der Waals surface area contributed by atoms with Crippen LogP contribution in [0.5, 0.6) is 0 Å². The molecule has 2 aromatic rings. The number of amides is 2. The van der Waals surface area contributed by atoms with Crippen molar-refractivity contribution in [1.82, 2.24) is 5.43 Å². The van der Waals surface area contributed by atoms with Crippen LogP contribution in [0.4, 0.5) is 23.7 Å². The standard InChI is InChI=1S/C18H15ClF3N3O/c1-10-8-11-9-13(19)4-7-15(11)16(10)24-25-17(26)23-14-5-2-12(3-6-14)18(20,21)22/h2-7,9-10H,8H2,1H3,(H2,23,25,26). The molecule has 0 heterocycles. The van der Waals surface area contributed by atoms with Gasteiger partial charge in [0.15, 0.2) is 0 Å². The van der Waals surface area contributed by atoms with Crippen molar-refractivity contribution >= 4 is 29.0 Å². The van der Waals surface area contributed by atoms with E-state index in [1.165, 1.54) is 12.1 Å². The highest BCUT2D eigenvalue weighted by Gasteiger charge is 2.30. The number of anilines is 1. The third-order valence-electron chi connectivity index (χ3n) is 4.08. The highest BCUT2D eigenvalue weighted by Crippen LogP contribution is 2.30. The minimum atomic E-state index is -4.42. The Morgan fingerprint density at radius 2 is 1.88 bits per heavy atom. The predicted molar refractivity (Wildman–Crippen MR) is 94.5 cm³/mol. The first-order chi connectivity index (χ1) is 12.2.